The summed E-state index contributed by atoms with van der Waals surface area (Å²) in [6.07, 6.45) is 1.80. The molecule has 0 aliphatic carbocycles. The fourth-order valence-corrected chi connectivity index (χ4v) is 3.12. The van der Waals surface area contributed by atoms with E-state index in [0.29, 0.717) is 11.3 Å². The van der Waals surface area contributed by atoms with Gasteiger partial charge >= 0.3 is 0 Å². The molecule has 0 saturated heterocycles. The number of benzene rings is 1. The SMILES string of the molecule is Cc1nc(CC(N)c2cccc(S(C)(=O)=O)c2)cs1. The summed E-state index contributed by atoms with van der Waals surface area (Å²) < 4.78 is 23.0. The Bertz CT molecular complexity index is 677. The third-order valence-corrected chi connectivity index (χ3v) is 4.74. The molecule has 1 atom stereocenters. The fourth-order valence-electron chi connectivity index (χ4n) is 1.82. The second-order valence-corrected chi connectivity index (χ2v) is 7.59. The molecule has 1 unspecified atom stereocenters. The number of sulfone groups is 1. The van der Waals surface area contributed by atoms with Gasteiger partial charge in [-0.05, 0) is 24.6 Å². The first-order valence-corrected chi connectivity index (χ1v) is 8.60. The van der Waals surface area contributed by atoms with Crippen LogP contribution in [0.15, 0.2) is 34.5 Å². The first kappa shape index (κ1) is 14.2. The summed E-state index contributed by atoms with van der Waals surface area (Å²) in [5.74, 6) is 0. The molecule has 0 saturated carbocycles. The normalized spacial score (nSPS) is 13.4. The van der Waals surface area contributed by atoms with Gasteiger partial charge in [0.1, 0.15) is 0 Å². The maximum atomic E-state index is 11.5. The minimum absolute atomic E-state index is 0.247. The molecular weight excluding hydrogens is 280 g/mol. The topological polar surface area (TPSA) is 73.0 Å². The van der Waals surface area contributed by atoms with Crippen molar-refractivity contribution in [2.24, 2.45) is 5.73 Å². The highest BCUT2D eigenvalue weighted by molar-refractivity contribution is 7.90. The van der Waals surface area contributed by atoms with E-state index >= 15 is 0 Å². The molecule has 1 aromatic carbocycles. The Labute approximate surface area is 117 Å². The van der Waals surface area contributed by atoms with Gasteiger partial charge in [-0.25, -0.2) is 13.4 Å². The van der Waals surface area contributed by atoms with Crippen LogP contribution >= 0.6 is 11.3 Å². The molecule has 0 bridgehead atoms. The van der Waals surface area contributed by atoms with Crippen LogP contribution in [0.4, 0.5) is 0 Å². The molecule has 19 heavy (non-hydrogen) atoms. The minimum atomic E-state index is -3.20. The summed E-state index contributed by atoms with van der Waals surface area (Å²) in [6.45, 7) is 1.95. The standard InChI is InChI=1S/C13H16N2O2S2/c1-9-15-11(8-18-9)7-13(14)10-4-3-5-12(6-10)19(2,16)17/h3-6,8,13H,7,14H2,1-2H3. The van der Waals surface area contributed by atoms with Gasteiger partial charge in [-0.3, -0.25) is 0 Å². The van der Waals surface area contributed by atoms with Crippen molar-refractivity contribution >= 4 is 21.2 Å². The van der Waals surface area contributed by atoms with Crippen molar-refractivity contribution in [3.8, 4) is 0 Å². The smallest absolute Gasteiger partial charge is 0.175 e. The Morgan fingerprint density at radius 3 is 2.74 bits per heavy atom. The lowest BCUT2D eigenvalue weighted by molar-refractivity contribution is 0.601. The predicted octanol–water partition coefficient (Wildman–Crippen LogP) is 2.10. The molecule has 0 radical (unpaired) electrons. The Kier molecular flexibility index (Phi) is 4.03. The van der Waals surface area contributed by atoms with Gasteiger partial charge in [-0.2, -0.15) is 0 Å². The molecule has 0 aliphatic rings. The summed E-state index contributed by atoms with van der Waals surface area (Å²) in [5.41, 5.74) is 7.88. The monoisotopic (exact) mass is 296 g/mol. The van der Waals surface area contributed by atoms with Crippen molar-refractivity contribution < 1.29 is 8.42 Å². The summed E-state index contributed by atoms with van der Waals surface area (Å²) in [4.78, 5) is 4.67. The lowest BCUT2D eigenvalue weighted by atomic mass is 10.0. The zero-order valence-corrected chi connectivity index (χ0v) is 12.5. The molecule has 102 valence electrons. The van der Waals surface area contributed by atoms with Crippen LogP contribution < -0.4 is 5.73 Å². The lowest BCUT2D eigenvalue weighted by Gasteiger charge is -2.11. The van der Waals surface area contributed by atoms with Gasteiger partial charge in [0.05, 0.1) is 15.6 Å². The highest BCUT2D eigenvalue weighted by Gasteiger charge is 2.13. The van der Waals surface area contributed by atoms with E-state index in [0.717, 1.165) is 16.3 Å². The van der Waals surface area contributed by atoms with Gasteiger partial charge in [-0.1, -0.05) is 12.1 Å². The van der Waals surface area contributed by atoms with Crippen molar-refractivity contribution in [1.29, 1.82) is 0 Å². The van der Waals surface area contributed by atoms with Gasteiger partial charge in [0.25, 0.3) is 0 Å². The largest absolute Gasteiger partial charge is 0.324 e. The Morgan fingerprint density at radius 2 is 2.16 bits per heavy atom. The van der Waals surface area contributed by atoms with Crippen molar-refractivity contribution in [2.75, 3.05) is 6.26 Å². The van der Waals surface area contributed by atoms with Gasteiger partial charge in [0, 0.05) is 24.1 Å². The molecule has 0 spiro atoms. The number of hydrogen-bond donors (Lipinski definition) is 1. The number of nitrogens with two attached hydrogens (primary N) is 1. The van der Waals surface area contributed by atoms with Crippen LogP contribution in [-0.4, -0.2) is 19.7 Å². The van der Waals surface area contributed by atoms with Crippen LogP contribution in [0.5, 0.6) is 0 Å². The quantitative estimate of drug-likeness (QED) is 0.937. The van der Waals surface area contributed by atoms with Crippen molar-refractivity contribution in [3.05, 3.63) is 45.9 Å². The molecule has 2 aromatic rings. The second kappa shape index (κ2) is 5.40. The maximum Gasteiger partial charge on any atom is 0.175 e. The average molecular weight is 296 g/mol. The molecule has 4 nitrogen and oxygen atoms in total. The van der Waals surface area contributed by atoms with Crippen LogP contribution in [0.2, 0.25) is 0 Å². The molecule has 0 amide bonds. The van der Waals surface area contributed by atoms with E-state index in [2.05, 4.69) is 4.98 Å². The number of nitrogens with zero attached hydrogens (tertiary/aromatic N) is 1. The summed E-state index contributed by atoms with van der Waals surface area (Å²) in [7, 11) is -3.20. The van der Waals surface area contributed by atoms with Gasteiger partial charge in [-0.15, -0.1) is 11.3 Å². The Morgan fingerprint density at radius 1 is 1.42 bits per heavy atom. The molecule has 1 aromatic heterocycles. The minimum Gasteiger partial charge on any atom is -0.324 e. The zero-order chi connectivity index (χ0) is 14.0. The Balaban J connectivity index is 2.22. The van der Waals surface area contributed by atoms with Gasteiger partial charge < -0.3 is 5.73 Å². The first-order chi connectivity index (χ1) is 8.86. The van der Waals surface area contributed by atoms with Crippen LogP contribution in [-0.2, 0) is 16.3 Å². The molecule has 2 N–H and O–H groups in total. The van der Waals surface area contributed by atoms with Gasteiger partial charge in [0.15, 0.2) is 9.84 Å². The van der Waals surface area contributed by atoms with E-state index in [1.807, 2.05) is 18.4 Å². The number of aromatic nitrogens is 1. The number of aryl methyl sites for hydroxylation is 1. The maximum absolute atomic E-state index is 11.5. The molecule has 1 heterocycles. The van der Waals surface area contributed by atoms with E-state index in [9.17, 15) is 8.42 Å². The molecule has 0 aliphatic heterocycles. The van der Waals surface area contributed by atoms with E-state index < -0.39 is 9.84 Å². The summed E-state index contributed by atoms with van der Waals surface area (Å²) >= 11 is 1.59. The zero-order valence-electron chi connectivity index (χ0n) is 10.8. The summed E-state index contributed by atoms with van der Waals surface area (Å²) in [5, 5.41) is 2.99. The van der Waals surface area contributed by atoms with E-state index in [-0.39, 0.29) is 6.04 Å². The second-order valence-electron chi connectivity index (χ2n) is 4.51. The predicted molar refractivity (Wildman–Crippen MR) is 77.0 cm³/mol. The van der Waals surface area contributed by atoms with Crippen molar-refractivity contribution in [3.63, 3.8) is 0 Å². The molecular formula is C13H16N2O2S2. The van der Waals surface area contributed by atoms with Crippen LogP contribution in [0.3, 0.4) is 0 Å². The molecule has 0 fully saturated rings. The number of thiazole rings is 1. The van der Waals surface area contributed by atoms with E-state index in [1.54, 1.807) is 29.5 Å². The average Bonchev–Trinajstić information content (AvgIpc) is 2.74. The third kappa shape index (κ3) is 3.62. The van der Waals surface area contributed by atoms with Crippen LogP contribution in [0.25, 0.3) is 0 Å². The van der Waals surface area contributed by atoms with E-state index in [4.69, 9.17) is 5.73 Å². The van der Waals surface area contributed by atoms with Crippen molar-refractivity contribution in [1.82, 2.24) is 4.98 Å². The highest BCUT2D eigenvalue weighted by Crippen LogP contribution is 2.20. The van der Waals surface area contributed by atoms with Crippen molar-refractivity contribution in [2.45, 2.75) is 24.3 Å². The van der Waals surface area contributed by atoms with Crippen LogP contribution in [0, 0.1) is 6.92 Å². The summed E-state index contributed by atoms with van der Waals surface area (Å²) in [6, 6.07) is 6.54. The first-order valence-electron chi connectivity index (χ1n) is 5.83. The fraction of sp³-hybridized carbons (Fsp3) is 0.308. The third-order valence-electron chi connectivity index (χ3n) is 2.81. The Hall–Kier alpha value is -1.24. The molecule has 6 heteroatoms. The highest BCUT2D eigenvalue weighted by atomic mass is 32.2. The lowest BCUT2D eigenvalue weighted by Crippen LogP contribution is -2.14. The number of rotatable bonds is 4. The van der Waals surface area contributed by atoms with Crippen LogP contribution in [0.1, 0.15) is 22.3 Å². The van der Waals surface area contributed by atoms with Gasteiger partial charge in [0.2, 0.25) is 0 Å². The number of hydrogen-bond acceptors (Lipinski definition) is 5. The van der Waals surface area contributed by atoms with E-state index in [1.165, 1.54) is 6.26 Å². The molecule has 2 rings (SSSR count).